The summed E-state index contributed by atoms with van der Waals surface area (Å²) in [7, 11) is 0. The third-order valence-electron chi connectivity index (χ3n) is 3.28. The molecule has 1 heterocycles. The molecule has 0 radical (unpaired) electrons. The number of hydrogen-bond donors (Lipinski definition) is 3. The normalized spacial score (nSPS) is 21.9. The minimum Gasteiger partial charge on any atom is -0.391 e. The Bertz CT molecular complexity index is 441. The third kappa shape index (κ3) is 4.77. The molecule has 2 unspecified atom stereocenters. The molecule has 3 N–H and O–H groups in total. The lowest BCUT2D eigenvalue weighted by Gasteiger charge is -2.13. The van der Waals surface area contributed by atoms with E-state index in [0.717, 1.165) is 11.4 Å². The first-order chi connectivity index (χ1) is 9.65. The Hall–Kier alpha value is -1.11. The Morgan fingerprint density at radius 1 is 1.40 bits per heavy atom. The van der Waals surface area contributed by atoms with E-state index in [4.69, 9.17) is 0 Å². The fourth-order valence-electron chi connectivity index (χ4n) is 2.05. The molecule has 1 fully saturated rings. The third-order valence-corrected chi connectivity index (χ3v) is 4.29. The number of carbonyl (C=O) groups excluding carboxylic acids is 1. The second kappa shape index (κ2) is 7.61. The topological polar surface area (TPSA) is 61.4 Å². The highest BCUT2D eigenvalue weighted by Gasteiger charge is 2.24. The van der Waals surface area contributed by atoms with Gasteiger partial charge in [0.15, 0.2) is 0 Å². The molecular formula is C14H19FN2O2S. The number of thioether (sulfide) groups is 1. The number of carbonyl (C=O) groups is 1. The maximum Gasteiger partial charge on any atom is 0.220 e. The Kier molecular flexibility index (Phi) is 5.82. The first-order valence-corrected chi connectivity index (χ1v) is 7.67. The molecule has 1 amide bonds. The maximum atomic E-state index is 12.7. The number of hydrogen-bond acceptors (Lipinski definition) is 4. The molecule has 0 spiro atoms. The second-order valence-corrected chi connectivity index (χ2v) is 6.01. The molecule has 2 atom stereocenters. The number of halogens is 1. The molecule has 4 nitrogen and oxygen atoms in total. The van der Waals surface area contributed by atoms with Gasteiger partial charge in [0.2, 0.25) is 5.91 Å². The van der Waals surface area contributed by atoms with E-state index in [1.807, 2.05) is 0 Å². The van der Waals surface area contributed by atoms with Gasteiger partial charge in [-0.25, -0.2) is 4.39 Å². The Balaban J connectivity index is 1.61. The summed E-state index contributed by atoms with van der Waals surface area (Å²) in [5, 5.41) is 15.5. The summed E-state index contributed by atoms with van der Waals surface area (Å²) in [6, 6.07) is 6.24. The van der Waals surface area contributed by atoms with Crippen molar-refractivity contribution in [3.63, 3.8) is 0 Å². The lowest BCUT2D eigenvalue weighted by Crippen LogP contribution is -2.34. The average Bonchev–Trinajstić information content (AvgIpc) is 2.84. The fourth-order valence-corrected chi connectivity index (χ4v) is 2.90. The highest BCUT2D eigenvalue weighted by molar-refractivity contribution is 7.99. The predicted octanol–water partition coefficient (Wildman–Crippen LogP) is 1.00. The first-order valence-electron chi connectivity index (χ1n) is 6.69. The van der Waals surface area contributed by atoms with Gasteiger partial charge in [-0.3, -0.25) is 4.79 Å². The molecule has 0 bridgehead atoms. The molecule has 110 valence electrons. The number of β-amino-alcohol motifs (C(OH)–C–C–N with tert-alkyl or cyclic N) is 1. The molecule has 6 heteroatoms. The summed E-state index contributed by atoms with van der Waals surface area (Å²) >= 11 is 1.53. The van der Waals surface area contributed by atoms with Crippen molar-refractivity contribution in [3.8, 4) is 0 Å². The number of aliphatic hydroxyl groups is 1. The van der Waals surface area contributed by atoms with Crippen molar-refractivity contribution >= 4 is 17.7 Å². The van der Waals surface area contributed by atoms with Crippen molar-refractivity contribution in [2.75, 3.05) is 25.4 Å². The smallest absolute Gasteiger partial charge is 0.220 e. The van der Waals surface area contributed by atoms with Crippen LogP contribution in [-0.2, 0) is 4.79 Å². The lowest BCUT2D eigenvalue weighted by molar-refractivity contribution is -0.120. The van der Waals surface area contributed by atoms with Crippen LogP contribution >= 0.6 is 11.8 Å². The van der Waals surface area contributed by atoms with E-state index < -0.39 is 0 Å². The molecule has 0 aliphatic carbocycles. The van der Waals surface area contributed by atoms with Crippen LogP contribution in [0.25, 0.3) is 0 Å². The van der Waals surface area contributed by atoms with E-state index in [1.165, 1.54) is 23.9 Å². The van der Waals surface area contributed by atoms with Crippen molar-refractivity contribution in [2.24, 2.45) is 5.92 Å². The van der Waals surface area contributed by atoms with E-state index in [0.29, 0.717) is 25.3 Å². The monoisotopic (exact) mass is 298 g/mol. The molecule has 1 saturated heterocycles. The van der Waals surface area contributed by atoms with E-state index in [1.54, 1.807) is 12.1 Å². The summed E-state index contributed by atoms with van der Waals surface area (Å²) < 4.78 is 12.7. The van der Waals surface area contributed by atoms with Crippen LogP contribution < -0.4 is 10.6 Å². The van der Waals surface area contributed by atoms with Gasteiger partial charge in [0, 0.05) is 42.6 Å². The highest BCUT2D eigenvalue weighted by atomic mass is 32.2. The highest BCUT2D eigenvalue weighted by Crippen LogP contribution is 2.18. The predicted molar refractivity (Wildman–Crippen MR) is 77.1 cm³/mol. The number of amides is 1. The second-order valence-electron chi connectivity index (χ2n) is 4.84. The van der Waals surface area contributed by atoms with E-state index in [2.05, 4.69) is 10.6 Å². The Morgan fingerprint density at radius 2 is 2.15 bits per heavy atom. The summed E-state index contributed by atoms with van der Waals surface area (Å²) in [6.45, 7) is 1.85. The summed E-state index contributed by atoms with van der Waals surface area (Å²) in [4.78, 5) is 12.6. The van der Waals surface area contributed by atoms with Crippen molar-refractivity contribution in [2.45, 2.75) is 17.4 Å². The van der Waals surface area contributed by atoms with Crippen LogP contribution in [0, 0.1) is 11.7 Å². The van der Waals surface area contributed by atoms with E-state index in [9.17, 15) is 14.3 Å². The minimum atomic E-state index is -0.371. The molecular weight excluding hydrogens is 279 g/mol. The van der Waals surface area contributed by atoms with Gasteiger partial charge in [-0.1, -0.05) is 0 Å². The van der Waals surface area contributed by atoms with Gasteiger partial charge >= 0.3 is 0 Å². The van der Waals surface area contributed by atoms with Crippen LogP contribution in [0.15, 0.2) is 29.2 Å². The largest absolute Gasteiger partial charge is 0.391 e. The van der Waals surface area contributed by atoms with Gasteiger partial charge < -0.3 is 15.7 Å². The molecule has 20 heavy (non-hydrogen) atoms. The van der Waals surface area contributed by atoms with Crippen LogP contribution in [0.2, 0.25) is 0 Å². The number of benzene rings is 1. The lowest BCUT2D eigenvalue weighted by atomic mass is 10.1. The zero-order valence-corrected chi connectivity index (χ0v) is 12.0. The van der Waals surface area contributed by atoms with Gasteiger partial charge in [0.25, 0.3) is 0 Å². The number of rotatable bonds is 6. The van der Waals surface area contributed by atoms with Crippen molar-refractivity contribution in [1.82, 2.24) is 10.6 Å². The van der Waals surface area contributed by atoms with Gasteiger partial charge in [-0.15, -0.1) is 11.8 Å². The zero-order chi connectivity index (χ0) is 14.4. The molecule has 1 aliphatic heterocycles. The minimum absolute atomic E-state index is 0.0151. The van der Waals surface area contributed by atoms with Crippen molar-refractivity contribution in [3.05, 3.63) is 30.1 Å². The van der Waals surface area contributed by atoms with Crippen LogP contribution in [0.5, 0.6) is 0 Å². The summed E-state index contributed by atoms with van der Waals surface area (Å²) in [5.41, 5.74) is 0. The van der Waals surface area contributed by atoms with Crippen molar-refractivity contribution < 1.29 is 14.3 Å². The summed E-state index contributed by atoms with van der Waals surface area (Å²) in [6.07, 6.45) is 0.0436. The van der Waals surface area contributed by atoms with Gasteiger partial charge in [-0.05, 0) is 24.3 Å². The fraction of sp³-hybridized carbons (Fsp3) is 0.500. The molecule has 1 aromatic carbocycles. The van der Waals surface area contributed by atoms with Gasteiger partial charge in [-0.2, -0.15) is 0 Å². The molecule has 1 aliphatic rings. The Labute approximate surface area is 122 Å². The molecule has 0 aromatic heterocycles. The molecule has 1 aromatic rings. The van der Waals surface area contributed by atoms with Crippen LogP contribution in [-0.4, -0.2) is 42.5 Å². The standard InChI is InChI=1S/C14H19FN2O2S/c15-11-1-3-12(4-2-11)20-6-5-14(19)17-8-10-7-16-9-13(10)18/h1-4,10,13,16,18H,5-9H2,(H,17,19). The quantitative estimate of drug-likeness (QED) is 0.686. The first kappa shape index (κ1) is 15.3. The van der Waals surface area contributed by atoms with Crippen LogP contribution in [0.1, 0.15) is 6.42 Å². The maximum absolute atomic E-state index is 12.7. The number of aliphatic hydroxyl groups excluding tert-OH is 1. The van der Waals surface area contributed by atoms with Gasteiger partial charge in [0.05, 0.1) is 6.10 Å². The average molecular weight is 298 g/mol. The number of nitrogens with one attached hydrogen (secondary N) is 2. The molecule has 2 rings (SSSR count). The van der Waals surface area contributed by atoms with Crippen LogP contribution in [0.4, 0.5) is 4.39 Å². The van der Waals surface area contributed by atoms with Crippen LogP contribution in [0.3, 0.4) is 0 Å². The van der Waals surface area contributed by atoms with Gasteiger partial charge in [0.1, 0.15) is 5.82 Å². The zero-order valence-electron chi connectivity index (χ0n) is 11.1. The van der Waals surface area contributed by atoms with E-state index >= 15 is 0 Å². The Morgan fingerprint density at radius 3 is 2.80 bits per heavy atom. The van der Waals surface area contributed by atoms with E-state index in [-0.39, 0.29) is 23.7 Å². The molecule has 0 saturated carbocycles. The SMILES string of the molecule is O=C(CCSc1ccc(F)cc1)NCC1CNCC1O. The van der Waals surface area contributed by atoms with Crippen molar-refractivity contribution in [1.29, 1.82) is 0 Å². The summed E-state index contributed by atoms with van der Waals surface area (Å²) in [5.74, 6) is 0.487.